The third-order valence-electron chi connectivity index (χ3n) is 5.91. The molecule has 2 N–H and O–H groups in total. The first-order valence-electron chi connectivity index (χ1n) is 11.4. The number of piperidine rings is 1. The Morgan fingerprint density at radius 1 is 1.22 bits per heavy atom. The number of carbonyl (C=O) groups excluding carboxylic acids is 1. The van der Waals surface area contributed by atoms with Crippen molar-refractivity contribution in [2.75, 3.05) is 24.7 Å². The molecule has 3 aromatic rings. The highest BCUT2D eigenvalue weighted by Crippen LogP contribution is 2.37. The van der Waals surface area contributed by atoms with Gasteiger partial charge in [0.1, 0.15) is 23.0 Å². The van der Waals surface area contributed by atoms with Gasteiger partial charge in [-0.3, -0.25) is 14.1 Å². The zero-order valence-corrected chi connectivity index (χ0v) is 21.0. The lowest BCUT2D eigenvalue weighted by Crippen LogP contribution is -2.34. The third-order valence-corrected chi connectivity index (χ3v) is 7.15. The number of hydrogen-bond donors (Lipinski definition) is 2. The molecule has 1 saturated heterocycles. The van der Waals surface area contributed by atoms with Crippen LogP contribution in [-0.4, -0.2) is 49.1 Å². The van der Waals surface area contributed by atoms with Crippen molar-refractivity contribution in [1.29, 1.82) is 0 Å². The normalized spacial score (nSPS) is 15.5. The van der Waals surface area contributed by atoms with Gasteiger partial charge >= 0.3 is 0 Å². The van der Waals surface area contributed by atoms with Crippen LogP contribution in [0.25, 0.3) is 10.5 Å². The minimum absolute atomic E-state index is 0.0228. The van der Waals surface area contributed by atoms with E-state index < -0.39 is 27.6 Å². The molecule has 1 fully saturated rings. The van der Waals surface area contributed by atoms with E-state index in [-0.39, 0.29) is 24.0 Å². The molecule has 2 heterocycles. The van der Waals surface area contributed by atoms with E-state index in [0.29, 0.717) is 47.8 Å². The molecule has 1 unspecified atom stereocenters. The number of methoxy groups -OCH3 is 2. The van der Waals surface area contributed by atoms with E-state index in [0.717, 1.165) is 6.07 Å². The molecule has 0 spiro atoms. The average Bonchev–Trinajstić information content (AvgIpc) is 3.29. The minimum atomic E-state index is -4.00. The number of rotatable bonds is 9. The van der Waals surface area contributed by atoms with Crippen LogP contribution in [0.15, 0.2) is 36.4 Å². The number of amides is 1. The number of hydrogen-bond acceptors (Lipinski definition) is 7. The van der Waals surface area contributed by atoms with Gasteiger partial charge in [-0.05, 0) is 49.1 Å². The largest absolute Gasteiger partial charge is 0.494 e. The fourth-order valence-corrected chi connectivity index (χ4v) is 5.15. The summed E-state index contributed by atoms with van der Waals surface area (Å²) in [6, 6.07) is 8.21. The number of benzene rings is 2. The first-order chi connectivity index (χ1) is 17.8. The summed E-state index contributed by atoms with van der Waals surface area (Å²) in [5.74, 6) is -0.185. The predicted molar refractivity (Wildman–Crippen MR) is 133 cm³/mol. The fourth-order valence-electron chi connectivity index (χ4n) is 4.15. The van der Waals surface area contributed by atoms with Crippen LogP contribution in [0.2, 0.25) is 0 Å². The highest BCUT2D eigenvalue weighted by Gasteiger charge is 2.30. The number of halogens is 1. The fraction of sp³-hybridized carbons (Fsp3) is 0.333. The Morgan fingerprint density at radius 3 is 2.59 bits per heavy atom. The molecule has 0 saturated carbocycles. The van der Waals surface area contributed by atoms with Gasteiger partial charge in [-0.25, -0.2) is 17.7 Å². The molecule has 37 heavy (non-hydrogen) atoms. The third kappa shape index (κ3) is 5.64. The van der Waals surface area contributed by atoms with Gasteiger partial charge < -0.3 is 14.8 Å². The number of nitrogens with one attached hydrogen (secondary N) is 2. The molecule has 1 amide bonds. The Morgan fingerprint density at radius 2 is 1.95 bits per heavy atom. The Bertz CT molecular complexity index is 1440. The first kappa shape index (κ1) is 25.9. The summed E-state index contributed by atoms with van der Waals surface area (Å²) >= 11 is 0. The Kier molecular flexibility index (Phi) is 7.58. The van der Waals surface area contributed by atoms with Crippen LogP contribution in [0.3, 0.4) is 0 Å². The van der Waals surface area contributed by atoms with Crippen LogP contribution in [0.1, 0.15) is 36.7 Å². The Hall–Kier alpha value is -4.18. The molecule has 1 aromatic heterocycles. The van der Waals surface area contributed by atoms with E-state index in [2.05, 4.69) is 25.1 Å². The van der Waals surface area contributed by atoms with Crippen molar-refractivity contribution in [2.45, 2.75) is 31.7 Å². The molecule has 0 radical (unpaired) electrons. The molecular formula is C24H25FN6O5S. The van der Waals surface area contributed by atoms with Crippen molar-refractivity contribution in [1.82, 2.24) is 20.1 Å². The van der Waals surface area contributed by atoms with Crippen LogP contribution in [-0.2, 0) is 21.2 Å². The summed E-state index contributed by atoms with van der Waals surface area (Å²) in [4.78, 5) is 15.4. The average molecular weight is 529 g/mol. The number of sulfonamides is 1. The molecule has 0 bridgehead atoms. The van der Waals surface area contributed by atoms with Gasteiger partial charge in [-0.1, -0.05) is 12.1 Å². The van der Waals surface area contributed by atoms with Crippen molar-refractivity contribution < 1.29 is 27.1 Å². The van der Waals surface area contributed by atoms with E-state index in [1.165, 1.54) is 30.9 Å². The van der Waals surface area contributed by atoms with E-state index in [9.17, 15) is 17.6 Å². The van der Waals surface area contributed by atoms with Gasteiger partial charge in [0.2, 0.25) is 21.9 Å². The number of aryl methyl sites for hydroxylation is 1. The number of aromatic nitrogens is 3. The zero-order valence-electron chi connectivity index (χ0n) is 20.2. The molecular weight excluding hydrogens is 503 g/mol. The topological polar surface area (TPSA) is 129 Å². The van der Waals surface area contributed by atoms with Crippen molar-refractivity contribution in [3.8, 4) is 17.2 Å². The van der Waals surface area contributed by atoms with Crippen LogP contribution in [0, 0.1) is 12.4 Å². The number of para-hydroxylation sites is 1. The summed E-state index contributed by atoms with van der Waals surface area (Å²) in [6.45, 7) is 7.23. The summed E-state index contributed by atoms with van der Waals surface area (Å²) in [5, 5.41) is 11.2. The van der Waals surface area contributed by atoms with Crippen molar-refractivity contribution in [2.24, 2.45) is 0 Å². The second kappa shape index (κ2) is 10.8. The van der Waals surface area contributed by atoms with Crippen LogP contribution in [0.4, 0.5) is 16.0 Å². The lowest BCUT2D eigenvalue weighted by atomic mass is 10.0. The summed E-state index contributed by atoms with van der Waals surface area (Å²) in [6.07, 6.45) is 1.58. The molecule has 2 aromatic carbocycles. The summed E-state index contributed by atoms with van der Waals surface area (Å²) < 4.78 is 54.6. The molecule has 1 aliphatic heterocycles. The Labute approximate surface area is 213 Å². The number of anilines is 1. The maximum absolute atomic E-state index is 13.5. The maximum atomic E-state index is 13.5. The van der Waals surface area contributed by atoms with E-state index in [4.69, 9.17) is 16.0 Å². The van der Waals surface area contributed by atoms with Crippen LogP contribution in [0.5, 0.6) is 11.5 Å². The summed E-state index contributed by atoms with van der Waals surface area (Å²) in [7, 11) is -1.08. The van der Waals surface area contributed by atoms with E-state index in [1.807, 2.05) is 0 Å². The highest BCUT2D eigenvalue weighted by molar-refractivity contribution is 7.92. The quantitative estimate of drug-likeness (QED) is 0.408. The monoisotopic (exact) mass is 528 g/mol. The van der Waals surface area contributed by atoms with E-state index >= 15 is 0 Å². The second-order valence-corrected chi connectivity index (χ2v) is 10.1. The maximum Gasteiger partial charge on any atom is 0.243 e. The molecule has 1 atom stereocenters. The number of carbonyl (C=O) groups is 1. The van der Waals surface area contributed by atoms with Crippen LogP contribution >= 0.6 is 0 Å². The first-order valence-corrected chi connectivity index (χ1v) is 13.0. The molecule has 0 aliphatic carbocycles. The lowest BCUT2D eigenvalue weighted by Gasteiger charge is -2.24. The summed E-state index contributed by atoms with van der Waals surface area (Å²) in [5.41, 5.74) is 0.812. The van der Waals surface area contributed by atoms with Gasteiger partial charge in [0.05, 0.1) is 32.6 Å². The highest BCUT2D eigenvalue weighted by atomic mass is 32.2. The van der Waals surface area contributed by atoms with Crippen molar-refractivity contribution >= 4 is 27.6 Å². The van der Waals surface area contributed by atoms with Gasteiger partial charge in [0.25, 0.3) is 0 Å². The lowest BCUT2D eigenvalue weighted by molar-refractivity contribution is -0.123. The van der Waals surface area contributed by atoms with E-state index in [1.54, 1.807) is 18.2 Å². The molecule has 1 aliphatic rings. The van der Waals surface area contributed by atoms with Gasteiger partial charge in [-0.15, -0.1) is 10.2 Å². The predicted octanol–water partition coefficient (Wildman–Crippen LogP) is 3.30. The number of nitrogens with zero attached hydrogens (tertiary/aromatic N) is 4. The second-order valence-electron chi connectivity index (χ2n) is 8.30. The molecule has 194 valence electrons. The van der Waals surface area contributed by atoms with Crippen molar-refractivity contribution in [3.63, 3.8) is 0 Å². The molecule has 4 rings (SSSR count). The van der Waals surface area contributed by atoms with Gasteiger partial charge in [0.15, 0.2) is 11.5 Å². The SMILES string of the molecule is [C-]#[N+]c1cc(F)ccc1CCS(=O)(=O)Nc1nnc(C2CCCC(=O)N2)n1-c1c(OC)cccc1OC. The zero-order chi connectivity index (χ0) is 26.6. The number of ether oxygens (including phenoxy) is 2. The van der Waals surface area contributed by atoms with Gasteiger partial charge in [0, 0.05) is 6.42 Å². The molecule has 13 heteroatoms. The van der Waals surface area contributed by atoms with Crippen LogP contribution < -0.4 is 19.5 Å². The van der Waals surface area contributed by atoms with Crippen molar-refractivity contribution in [3.05, 3.63) is 65.0 Å². The smallest absolute Gasteiger partial charge is 0.243 e. The molecule has 11 nitrogen and oxygen atoms in total. The Balaban J connectivity index is 1.73. The van der Waals surface area contributed by atoms with Gasteiger partial charge in [-0.2, -0.15) is 0 Å². The standard InChI is InChI=1S/C24H25FN6O5S/c1-26-18-14-16(25)11-10-15(18)12-13-37(33,34)30-24-29-28-23(17-6-4-9-21(32)27-17)31(24)22-19(35-2)7-5-8-20(22)36-3/h5,7-8,10-11,14,17H,4,6,9,12-13H2,2-3H3,(H,27,32)(H,29,30). The minimum Gasteiger partial charge on any atom is -0.494 e.